The Kier molecular flexibility index (Phi) is 2.49. The number of nitrogens with two attached hydrogens (primary N) is 1. The molecule has 0 spiro atoms. The van der Waals surface area contributed by atoms with Crippen molar-refractivity contribution < 1.29 is 0 Å². The van der Waals surface area contributed by atoms with Crippen LogP contribution in [0.3, 0.4) is 0 Å². The predicted octanol–water partition coefficient (Wildman–Crippen LogP) is 3.20. The fourth-order valence-corrected chi connectivity index (χ4v) is 2.64. The lowest BCUT2D eigenvalue weighted by Crippen LogP contribution is -2.28. The average Bonchev–Trinajstić information content (AvgIpc) is 3.05. The molecule has 96 valence electrons. The van der Waals surface area contributed by atoms with Crippen molar-refractivity contribution in [2.45, 2.75) is 45.2 Å². The van der Waals surface area contributed by atoms with Crippen LogP contribution in [0, 0.1) is 5.92 Å². The monoisotopic (exact) mass is 243 g/mol. The molecule has 3 heteroatoms. The minimum absolute atomic E-state index is 0.0119. The first-order valence-electron chi connectivity index (χ1n) is 6.72. The van der Waals surface area contributed by atoms with E-state index in [2.05, 4.69) is 43.5 Å². The molecule has 1 fully saturated rings. The van der Waals surface area contributed by atoms with Crippen molar-refractivity contribution >= 4 is 11.0 Å². The number of benzene rings is 1. The molecule has 0 saturated heterocycles. The summed E-state index contributed by atoms with van der Waals surface area (Å²) >= 11 is 0. The van der Waals surface area contributed by atoms with Gasteiger partial charge in [-0.2, -0.15) is 0 Å². The zero-order chi connectivity index (χ0) is 12.9. The van der Waals surface area contributed by atoms with Crippen LogP contribution in [0.4, 0.5) is 0 Å². The number of hydrogen-bond donors (Lipinski definition) is 1. The summed E-state index contributed by atoms with van der Waals surface area (Å²) in [7, 11) is 0. The summed E-state index contributed by atoms with van der Waals surface area (Å²) < 4.78 is 2.31. The molecule has 2 N–H and O–H groups in total. The van der Waals surface area contributed by atoms with Gasteiger partial charge in [0, 0.05) is 5.54 Å². The van der Waals surface area contributed by atoms with Crippen LogP contribution in [0.5, 0.6) is 0 Å². The van der Waals surface area contributed by atoms with Crippen LogP contribution in [0.2, 0.25) is 0 Å². The first-order chi connectivity index (χ1) is 8.48. The molecule has 1 atom stereocenters. The molecule has 1 aromatic heterocycles. The van der Waals surface area contributed by atoms with Crippen molar-refractivity contribution in [2.75, 3.05) is 0 Å². The van der Waals surface area contributed by atoms with Gasteiger partial charge in [-0.25, -0.2) is 4.98 Å². The van der Waals surface area contributed by atoms with Gasteiger partial charge in [-0.1, -0.05) is 12.1 Å². The summed E-state index contributed by atoms with van der Waals surface area (Å²) in [6.45, 7) is 6.64. The number of para-hydroxylation sites is 2. The molecule has 2 aromatic rings. The van der Waals surface area contributed by atoms with E-state index in [9.17, 15) is 0 Å². The maximum atomic E-state index is 6.38. The number of rotatable bonds is 2. The van der Waals surface area contributed by atoms with Crippen LogP contribution in [-0.2, 0) is 5.54 Å². The first-order valence-corrected chi connectivity index (χ1v) is 6.72. The Morgan fingerprint density at radius 3 is 2.56 bits per heavy atom. The Labute approximate surface area is 108 Å². The van der Waals surface area contributed by atoms with Crippen LogP contribution in [-0.4, -0.2) is 9.55 Å². The van der Waals surface area contributed by atoms with E-state index >= 15 is 0 Å². The minimum Gasteiger partial charge on any atom is -0.321 e. The second kappa shape index (κ2) is 3.82. The molecule has 0 bridgehead atoms. The second-order valence-corrected chi connectivity index (χ2v) is 6.33. The molecular formula is C15H21N3. The molecule has 0 radical (unpaired) electrons. The van der Waals surface area contributed by atoms with Crippen LogP contribution in [0.25, 0.3) is 11.0 Å². The molecule has 0 amide bonds. The van der Waals surface area contributed by atoms with E-state index < -0.39 is 0 Å². The lowest BCUT2D eigenvalue weighted by atomic mass is 10.1. The van der Waals surface area contributed by atoms with E-state index in [1.165, 1.54) is 18.4 Å². The summed E-state index contributed by atoms with van der Waals surface area (Å²) in [6, 6.07) is 8.39. The van der Waals surface area contributed by atoms with Crippen LogP contribution in [0.15, 0.2) is 24.3 Å². The standard InChI is InChI=1S/C15H21N3/c1-15(2,3)18-12-7-5-4-6-11(12)17-14(18)13(16)10-8-9-10/h4-7,10,13H,8-9,16H2,1-3H3. The Morgan fingerprint density at radius 1 is 1.28 bits per heavy atom. The number of hydrogen-bond acceptors (Lipinski definition) is 2. The smallest absolute Gasteiger partial charge is 0.127 e. The molecule has 1 aliphatic rings. The Morgan fingerprint density at radius 2 is 1.94 bits per heavy atom. The Balaban J connectivity index is 2.22. The second-order valence-electron chi connectivity index (χ2n) is 6.33. The number of imidazole rings is 1. The summed E-state index contributed by atoms with van der Waals surface area (Å²) in [5.74, 6) is 1.68. The van der Waals surface area contributed by atoms with Crippen LogP contribution < -0.4 is 5.73 Å². The molecule has 1 aliphatic carbocycles. The average molecular weight is 243 g/mol. The van der Waals surface area contributed by atoms with E-state index in [-0.39, 0.29) is 11.6 Å². The SMILES string of the molecule is CC(C)(C)n1c(C(N)C2CC2)nc2ccccc21. The maximum Gasteiger partial charge on any atom is 0.127 e. The van der Waals surface area contributed by atoms with E-state index in [0.29, 0.717) is 5.92 Å². The van der Waals surface area contributed by atoms with Crippen molar-refractivity contribution in [3.8, 4) is 0 Å². The van der Waals surface area contributed by atoms with E-state index in [0.717, 1.165) is 11.3 Å². The Bertz CT molecular complexity index is 573. The lowest BCUT2D eigenvalue weighted by Gasteiger charge is -2.26. The first kappa shape index (κ1) is 11.7. The van der Waals surface area contributed by atoms with Gasteiger partial charge >= 0.3 is 0 Å². The number of nitrogens with zero attached hydrogens (tertiary/aromatic N) is 2. The molecule has 1 heterocycles. The van der Waals surface area contributed by atoms with Crippen molar-refractivity contribution in [3.63, 3.8) is 0 Å². The highest BCUT2D eigenvalue weighted by molar-refractivity contribution is 5.76. The number of fused-ring (bicyclic) bond motifs is 1. The number of aromatic nitrogens is 2. The molecule has 3 rings (SSSR count). The predicted molar refractivity (Wildman–Crippen MR) is 74.4 cm³/mol. The third kappa shape index (κ3) is 1.83. The van der Waals surface area contributed by atoms with Gasteiger partial charge in [-0.3, -0.25) is 0 Å². The third-order valence-electron chi connectivity index (χ3n) is 3.69. The fraction of sp³-hybridized carbons (Fsp3) is 0.533. The quantitative estimate of drug-likeness (QED) is 0.880. The van der Waals surface area contributed by atoms with Crippen molar-refractivity contribution in [2.24, 2.45) is 11.7 Å². The minimum atomic E-state index is 0.0119. The van der Waals surface area contributed by atoms with Gasteiger partial charge in [0.2, 0.25) is 0 Å². The zero-order valence-electron chi connectivity index (χ0n) is 11.4. The highest BCUT2D eigenvalue weighted by Crippen LogP contribution is 2.41. The molecule has 18 heavy (non-hydrogen) atoms. The zero-order valence-corrected chi connectivity index (χ0v) is 11.4. The van der Waals surface area contributed by atoms with Crippen LogP contribution in [0.1, 0.15) is 45.5 Å². The van der Waals surface area contributed by atoms with E-state index in [1.54, 1.807) is 0 Å². The summed E-state index contributed by atoms with van der Waals surface area (Å²) in [5.41, 5.74) is 8.64. The molecule has 1 unspecified atom stereocenters. The highest BCUT2D eigenvalue weighted by Gasteiger charge is 2.34. The van der Waals surface area contributed by atoms with Gasteiger partial charge in [0.05, 0.1) is 17.1 Å². The summed E-state index contributed by atoms with van der Waals surface area (Å²) in [5, 5.41) is 0. The van der Waals surface area contributed by atoms with Gasteiger partial charge in [-0.05, 0) is 51.7 Å². The molecular weight excluding hydrogens is 222 g/mol. The fourth-order valence-electron chi connectivity index (χ4n) is 2.64. The summed E-state index contributed by atoms with van der Waals surface area (Å²) in [4.78, 5) is 4.78. The summed E-state index contributed by atoms with van der Waals surface area (Å²) in [6.07, 6.45) is 2.49. The van der Waals surface area contributed by atoms with Gasteiger partial charge in [0.25, 0.3) is 0 Å². The van der Waals surface area contributed by atoms with Crippen molar-refractivity contribution in [3.05, 3.63) is 30.1 Å². The molecule has 1 saturated carbocycles. The molecule has 1 aromatic carbocycles. The van der Waals surface area contributed by atoms with E-state index in [1.807, 2.05) is 6.07 Å². The molecule has 0 aliphatic heterocycles. The topological polar surface area (TPSA) is 43.8 Å². The third-order valence-corrected chi connectivity index (χ3v) is 3.69. The maximum absolute atomic E-state index is 6.38. The Hall–Kier alpha value is -1.35. The van der Waals surface area contributed by atoms with Gasteiger partial charge in [-0.15, -0.1) is 0 Å². The van der Waals surface area contributed by atoms with Crippen molar-refractivity contribution in [1.82, 2.24) is 9.55 Å². The largest absolute Gasteiger partial charge is 0.321 e. The van der Waals surface area contributed by atoms with Gasteiger partial charge in [0.1, 0.15) is 5.82 Å². The van der Waals surface area contributed by atoms with Crippen LogP contribution >= 0.6 is 0 Å². The normalized spacial score (nSPS) is 18.2. The lowest BCUT2D eigenvalue weighted by molar-refractivity contribution is 0.377. The molecule has 3 nitrogen and oxygen atoms in total. The van der Waals surface area contributed by atoms with E-state index in [4.69, 9.17) is 10.7 Å². The highest BCUT2D eigenvalue weighted by atomic mass is 15.2. The van der Waals surface area contributed by atoms with Gasteiger partial charge in [0.15, 0.2) is 0 Å². The van der Waals surface area contributed by atoms with Gasteiger partial charge < -0.3 is 10.3 Å². The van der Waals surface area contributed by atoms with Crippen molar-refractivity contribution in [1.29, 1.82) is 0 Å².